The van der Waals surface area contributed by atoms with Gasteiger partial charge in [0.2, 0.25) is 0 Å². The second kappa shape index (κ2) is 9.59. The number of hydrogen-bond donors (Lipinski definition) is 5. The van der Waals surface area contributed by atoms with Gasteiger partial charge in [-0.25, -0.2) is 15.0 Å². The van der Waals surface area contributed by atoms with E-state index in [0.29, 0.717) is 34.8 Å². The lowest BCUT2D eigenvalue weighted by molar-refractivity contribution is -0.138. The average Bonchev–Trinajstić information content (AvgIpc) is 3.26. The largest absolute Gasteiger partial charge is 0.480 e. The molecule has 2 aromatic rings. The lowest BCUT2D eigenvalue weighted by Gasteiger charge is -2.16. The van der Waals surface area contributed by atoms with E-state index >= 15 is 0 Å². The number of aliphatic hydroxyl groups excluding tert-OH is 2. The van der Waals surface area contributed by atoms with Crippen LogP contribution in [0.4, 0.5) is 5.82 Å². The number of aliphatic carboxylic acids is 1. The number of ether oxygens (including phenoxy) is 1. The van der Waals surface area contributed by atoms with Gasteiger partial charge in [0.1, 0.15) is 47.7 Å². The van der Waals surface area contributed by atoms with Gasteiger partial charge in [0.05, 0.1) is 6.33 Å². The first kappa shape index (κ1) is 22.3. The minimum absolute atomic E-state index is 0.206. The van der Waals surface area contributed by atoms with Crippen LogP contribution in [0, 0.1) is 11.8 Å². The third-order valence-corrected chi connectivity index (χ3v) is 7.05. The number of imidazole rings is 1. The lowest BCUT2D eigenvalue weighted by atomic mass is 10.1. The van der Waals surface area contributed by atoms with E-state index in [1.165, 1.54) is 17.2 Å². The molecule has 1 unspecified atom stereocenters. The first-order valence-electron chi connectivity index (χ1n) is 9.30. The SMILES string of the molecule is CC#CC[S+](CC[C@H](N)C(=O)O)C[C@H]1O[C@@H](n2cnc3c(N)ncnc32)[C@H](O)[C@@H]1O. The van der Waals surface area contributed by atoms with Crippen LogP contribution < -0.4 is 11.5 Å². The Labute approximate surface area is 175 Å². The van der Waals surface area contributed by atoms with Gasteiger partial charge in [0.15, 0.2) is 23.4 Å². The Morgan fingerprint density at radius 1 is 1.37 bits per heavy atom. The van der Waals surface area contributed by atoms with Crippen molar-refractivity contribution in [3.8, 4) is 11.8 Å². The van der Waals surface area contributed by atoms with Crippen molar-refractivity contribution in [1.29, 1.82) is 0 Å². The van der Waals surface area contributed by atoms with Crippen LogP contribution in [0.1, 0.15) is 19.6 Å². The van der Waals surface area contributed by atoms with Crippen LogP contribution in [-0.2, 0) is 20.4 Å². The van der Waals surface area contributed by atoms with Crippen LogP contribution in [0.25, 0.3) is 11.2 Å². The van der Waals surface area contributed by atoms with E-state index in [0.717, 1.165) is 0 Å². The van der Waals surface area contributed by atoms with Crippen molar-refractivity contribution >= 4 is 33.8 Å². The number of carboxylic acids is 1. The molecule has 0 aromatic carbocycles. The molecule has 0 aliphatic carbocycles. The Hall–Kier alpha value is -2.43. The fourth-order valence-corrected chi connectivity index (χ4v) is 5.30. The molecule has 0 spiro atoms. The third-order valence-electron chi connectivity index (χ3n) is 4.89. The minimum Gasteiger partial charge on any atom is -0.480 e. The predicted octanol–water partition coefficient (Wildman–Crippen LogP) is -1.53. The van der Waals surface area contributed by atoms with Gasteiger partial charge in [-0.2, -0.15) is 0 Å². The normalized spacial score (nSPS) is 25.6. The van der Waals surface area contributed by atoms with E-state index in [4.69, 9.17) is 21.3 Å². The van der Waals surface area contributed by atoms with E-state index in [9.17, 15) is 15.0 Å². The number of carbonyl (C=O) groups is 1. The van der Waals surface area contributed by atoms with Crippen LogP contribution in [0.2, 0.25) is 0 Å². The summed E-state index contributed by atoms with van der Waals surface area (Å²) >= 11 is 0. The molecule has 0 amide bonds. The number of fused-ring (bicyclic) bond motifs is 1. The maximum atomic E-state index is 11.0. The molecule has 0 saturated carbocycles. The Morgan fingerprint density at radius 3 is 2.83 bits per heavy atom. The Bertz CT molecular complexity index is 959. The zero-order valence-electron chi connectivity index (χ0n) is 16.4. The van der Waals surface area contributed by atoms with Gasteiger partial charge in [0.25, 0.3) is 0 Å². The molecule has 0 bridgehead atoms. The van der Waals surface area contributed by atoms with Crippen molar-refractivity contribution in [2.45, 2.75) is 43.9 Å². The number of carboxylic acid groups (broad SMARTS) is 1. The van der Waals surface area contributed by atoms with Gasteiger partial charge in [-0.15, -0.1) is 5.92 Å². The lowest BCUT2D eigenvalue weighted by Crippen LogP contribution is -2.38. The van der Waals surface area contributed by atoms with Crippen molar-refractivity contribution in [2.24, 2.45) is 5.73 Å². The predicted molar refractivity (Wildman–Crippen MR) is 111 cm³/mol. The number of rotatable bonds is 8. The van der Waals surface area contributed by atoms with E-state index in [-0.39, 0.29) is 16.7 Å². The van der Waals surface area contributed by atoms with Gasteiger partial charge in [-0.3, -0.25) is 9.36 Å². The minimum atomic E-state index is -1.20. The monoisotopic (exact) mass is 437 g/mol. The van der Waals surface area contributed by atoms with Crippen LogP contribution in [0.3, 0.4) is 0 Å². The molecular formula is C18H25N6O5S+. The second-order valence-electron chi connectivity index (χ2n) is 6.92. The van der Waals surface area contributed by atoms with Gasteiger partial charge < -0.3 is 31.5 Å². The first-order chi connectivity index (χ1) is 14.3. The van der Waals surface area contributed by atoms with Gasteiger partial charge in [-0.05, 0) is 12.8 Å². The van der Waals surface area contributed by atoms with Gasteiger partial charge in [0, 0.05) is 17.3 Å². The summed E-state index contributed by atoms with van der Waals surface area (Å²) in [4.78, 5) is 23.2. The molecule has 30 heavy (non-hydrogen) atoms. The van der Waals surface area contributed by atoms with Gasteiger partial charge >= 0.3 is 5.97 Å². The third kappa shape index (κ3) is 4.66. The number of hydrogen-bond acceptors (Lipinski definition) is 9. The summed E-state index contributed by atoms with van der Waals surface area (Å²) in [7, 11) is -0.363. The molecule has 0 radical (unpaired) electrons. The van der Waals surface area contributed by atoms with Crippen molar-refractivity contribution in [2.75, 3.05) is 23.0 Å². The topological polar surface area (TPSA) is 183 Å². The molecular weight excluding hydrogens is 412 g/mol. The van der Waals surface area contributed by atoms with E-state index in [2.05, 4.69) is 26.8 Å². The highest BCUT2D eigenvalue weighted by atomic mass is 32.2. The molecule has 1 saturated heterocycles. The Kier molecular flexibility index (Phi) is 7.11. The summed E-state index contributed by atoms with van der Waals surface area (Å²) in [6.45, 7) is 1.73. The highest BCUT2D eigenvalue weighted by Crippen LogP contribution is 2.32. The van der Waals surface area contributed by atoms with Crippen LogP contribution in [0.5, 0.6) is 0 Å². The molecule has 7 N–H and O–H groups in total. The van der Waals surface area contributed by atoms with Crippen LogP contribution >= 0.6 is 0 Å². The number of aromatic nitrogens is 4. The summed E-state index contributed by atoms with van der Waals surface area (Å²) < 4.78 is 7.50. The molecule has 1 aliphatic rings. The van der Waals surface area contributed by atoms with Crippen molar-refractivity contribution < 1.29 is 24.9 Å². The molecule has 1 aliphatic heterocycles. The molecule has 162 valence electrons. The Balaban J connectivity index is 1.74. The standard InChI is InChI=1S/C18H24N6O5S/c1-2-3-5-30(6-4-10(19)18(27)28)7-11-13(25)14(26)17(29-11)24-9-23-12-15(20)21-8-22-16(12)24/h8-11,13-14,17,25-26H,4-7,19H2,1H3,(H2-,20,21,22,27,28)/p+1/t10-,11+,13+,14+,17+,30?/m0/s1. The zero-order chi connectivity index (χ0) is 21.8. The summed E-state index contributed by atoms with van der Waals surface area (Å²) in [5.41, 5.74) is 12.2. The average molecular weight is 438 g/mol. The summed E-state index contributed by atoms with van der Waals surface area (Å²) in [5, 5.41) is 30.2. The highest BCUT2D eigenvalue weighted by molar-refractivity contribution is 7.97. The Morgan fingerprint density at radius 2 is 2.13 bits per heavy atom. The summed E-state index contributed by atoms with van der Waals surface area (Å²) in [6, 6.07) is -0.954. The van der Waals surface area contributed by atoms with Crippen molar-refractivity contribution in [1.82, 2.24) is 19.5 Å². The number of nitrogens with two attached hydrogens (primary N) is 2. The molecule has 2 aromatic heterocycles. The van der Waals surface area contributed by atoms with Crippen molar-refractivity contribution in [3.05, 3.63) is 12.7 Å². The number of nitrogens with zero attached hydrogens (tertiary/aromatic N) is 4. The molecule has 3 rings (SSSR count). The molecule has 1 fully saturated rings. The smallest absolute Gasteiger partial charge is 0.320 e. The van der Waals surface area contributed by atoms with E-state index < -0.39 is 36.6 Å². The van der Waals surface area contributed by atoms with E-state index in [1.807, 2.05) is 0 Å². The highest BCUT2D eigenvalue weighted by Gasteiger charge is 2.47. The fraction of sp³-hybridized carbons (Fsp3) is 0.556. The zero-order valence-corrected chi connectivity index (χ0v) is 17.2. The fourth-order valence-electron chi connectivity index (χ4n) is 3.19. The molecule has 11 nitrogen and oxygen atoms in total. The number of anilines is 1. The number of aliphatic hydroxyl groups is 2. The van der Waals surface area contributed by atoms with E-state index in [1.54, 1.807) is 6.92 Å². The van der Waals surface area contributed by atoms with Crippen molar-refractivity contribution in [3.63, 3.8) is 0 Å². The van der Waals surface area contributed by atoms with Crippen LogP contribution in [0.15, 0.2) is 12.7 Å². The maximum Gasteiger partial charge on any atom is 0.320 e. The van der Waals surface area contributed by atoms with Crippen LogP contribution in [-0.4, -0.2) is 82.4 Å². The quantitative estimate of drug-likeness (QED) is 0.240. The molecule has 12 heteroatoms. The van der Waals surface area contributed by atoms with Gasteiger partial charge in [-0.1, -0.05) is 0 Å². The number of nitrogen functional groups attached to an aromatic ring is 1. The molecule has 6 atom stereocenters. The summed E-state index contributed by atoms with van der Waals surface area (Å²) in [6.07, 6.45) is -0.874. The summed E-state index contributed by atoms with van der Waals surface area (Å²) in [5.74, 6) is 6.47. The maximum absolute atomic E-state index is 11.0. The second-order valence-corrected chi connectivity index (χ2v) is 9.17. The molecule has 3 heterocycles. The first-order valence-corrected chi connectivity index (χ1v) is 11.0.